The predicted molar refractivity (Wildman–Crippen MR) is 240 cm³/mol. The summed E-state index contributed by atoms with van der Waals surface area (Å²) >= 11 is 0. The molecule has 352 valence electrons. The zero-order valence-electron chi connectivity index (χ0n) is 37.8. The van der Waals surface area contributed by atoms with Gasteiger partial charge in [0.2, 0.25) is 23.6 Å². The fraction of sp³-hybridized carbons (Fsp3) is 0.511. The molecule has 4 unspecified atom stereocenters. The summed E-state index contributed by atoms with van der Waals surface area (Å²) in [5.74, 6) is -3.40. The van der Waals surface area contributed by atoms with Crippen molar-refractivity contribution >= 4 is 41.7 Å². The topological polar surface area (TPSA) is 217 Å². The first kappa shape index (κ1) is 49.6. The minimum atomic E-state index is -1.44. The number of amides is 7. The molecule has 5 rings (SSSR count). The molecule has 0 spiro atoms. The van der Waals surface area contributed by atoms with Gasteiger partial charge in [-0.1, -0.05) is 93.8 Å². The van der Waals surface area contributed by atoms with E-state index in [1.165, 1.54) is 31.3 Å². The van der Waals surface area contributed by atoms with E-state index in [1.54, 1.807) is 29.2 Å². The number of alkyl carbamates (subject to hydrolysis) is 1. The number of likely N-dealkylation sites (N-methyl/N-ethyl adjacent to an activating group) is 1. The van der Waals surface area contributed by atoms with Crippen molar-refractivity contribution in [2.75, 3.05) is 46.3 Å². The monoisotopic (exact) mass is 900 g/mol. The molecule has 18 heteroatoms. The molecule has 2 heterocycles. The van der Waals surface area contributed by atoms with Gasteiger partial charge in [0.15, 0.2) is 0 Å². The van der Waals surface area contributed by atoms with Gasteiger partial charge < -0.3 is 50.6 Å². The summed E-state index contributed by atoms with van der Waals surface area (Å²) in [5.41, 5.74) is 1.77. The third-order valence-electron chi connectivity index (χ3n) is 11.6. The third kappa shape index (κ3) is 15.7. The first-order valence-electron chi connectivity index (χ1n) is 22.4. The van der Waals surface area contributed by atoms with Crippen LogP contribution in [0.5, 0.6) is 0 Å². The van der Waals surface area contributed by atoms with Crippen molar-refractivity contribution in [3.63, 3.8) is 0 Å². The first-order chi connectivity index (χ1) is 31.3. The minimum Gasteiger partial charge on any atom is -0.471 e. The van der Waals surface area contributed by atoms with Gasteiger partial charge in [0, 0.05) is 51.5 Å². The van der Waals surface area contributed by atoms with E-state index in [2.05, 4.69) is 26.6 Å². The zero-order valence-corrected chi connectivity index (χ0v) is 37.8. The molecule has 0 radical (unpaired) electrons. The van der Waals surface area contributed by atoms with Crippen molar-refractivity contribution in [2.45, 2.75) is 96.7 Å². The molecule has 2 aromatic rings. The van der Waals surface area contributed by atoms with Gasteiger partial charge in [-0.2, -0.15) is 0 Å². The smallest absolute Gasteiger partial charge is 0.410 e. The van der Waals surface area contributed by atoms with Crippen molar-refractivity contribution in [3.8, 4) is 0 Å². The summed E-state index contributed by atoms with van der Waals surface area (Å²) in [6.07, 6.45) is 6.42. The van der Waals surface area contributed by atoms with E-state index in [4.69, 9.17) is 14.2 Å². The maximum Gasteiger partial charge on any atom is 0.410 e. The van der Waals surface area contributed by atoms with Crippen molar-refractivity contribution in [2.24, 2.45) is 11.8 Å². The fourth-order valence-electron chi connectivity index (χ4n) is 7.95. The number of carbonyl (C=O) groups is 7. The second-order valence-electron chi connectivity index (χ2n) is 17.1. The largest absolute Gasteiger partial charge is 0.471 e. The molecule has 0 aromatic heterocycles. The molecule has 2 fully saturated rings. The highest BCUT2D eigenvalue weighted by atomic mass is 16.6. The van der Waals surface area contributed by atoms with Crippen LogP contribution in [0.25, 0.3) is 0 Å². The molecule has 3 aliphatic rings. The van der Waals surface area contributed by atoms with Crippen molar-refractivity contribution < 1.29 is 47.8 Å². The van der Waals surface area contributed by atoms with Crippen LogP contribution in [-0.2, 0) is 51.4 Å². The lowest BCUT2D eigenvalue weighted by Crippen LogP contribution is -2.63. The van der Waals surface area contributed by atoms with E-state index in [0.717, 1.165) is 36.7 Å². The molecule has 4 atom stereocenters. The number of nitrogens with one attached hydrogen (secondary N) is 5. The van der Waals surface area contributed by atoms with Crippen molar-refractivity contribution in [3.05, 3.63) is 96.1 Å². The Morgan fingerprint density at radius 3 is 2.02 bits per heavy atom. The summed E-state index contributed by atoms with van der Waals surface area (Å²) in [5, 5.41) is 13.7. The maximum absolute atomic E-state index is 14.5. The Kier molecular flexibility index (Phi) is 19.2. The molecule has 2 aliphatic heterocycles. The number of ether oxygens (including phenoxy) is 3. The van der Waals surface area contributed by atoms with E-state index in [9.17, 15) is 33.6 Å². The normalized spacial score (nSPS) is 23.8. The number of nitrogens with zero attached hydrogens (tertiary/aromatic N) is 3. The molecule has 7 amide bonds. The Balaban J connectivity index is 1.39. The fourth-order valence-corrected chi connectivity index (χ4v) is 7.95. The van der Waals surface area contributed by atoms with Gasteiger partial charge in [0.1, 0.15) is 43.6 Å². The molecular formula is C47H64N8O10. The quantitative estimate of drug-likeness (QED) is 0.221. The van der Waals surface area contributed by atoms with E-state index < -0.39 is 72.4 Å². The van der Waals surface area contributed by atoms with Crippen LogP contribution >= 0.6 is 0 Å². The second kappa shape index (κ2) is 25.2. The van der Waals surface area contributed by atoms with Gasteiger partial charge in [0.25, 0.3) is 5.91 Å². The van der Waals surface area contributed by atoms with Gasteiger partial charge in [-0.3, -0.25) is 28.9 Å². The number of piperazine rings is 1. The van der Waals surface area contributed by atoms with Gasteiger partial charge in [-0.05, 0) is 49.1 Å². The summed E-state index contributed by atoms with van der Waals surface area (Å²) in [6.45, 7) is 6.32. The summed E-state index contributed by atoms with van der Waals surface area (Å²) in [6, 6.07) is 13.6. The second-order valence-corrected chi connectivity index (χ2v) is 17.1. The van der Waals surface area contributed by atoms with Crippen molar-refractivity contribution in [1.29, 1.82) is 0 Å². The SMILES string of the molecule is C/C1=C/O/C=C\NC(=O)C(CN2CCN(C(=O)OCc3ccccc3)CC2)NC(=O)C(CNC(=O)OCc2ccccc2)NC(=O)C(C2CCCCC2)NC(=O)C(CC(C)C)N(C)C1=O. The lowest BCUT2D eigenvalue weighted by Gasteiger charge is -2.36. The number of rotatable bonds is 11. The highest BCUT2D eigenvalue weighted by molar-refractivity contribution is 5.98. The van der Waals surface area contributed by atoms with Crippen LogP contribution in [-0.4, -0.2) is 127 Å². The number of benzene rings is 2. The van der Waals surface area contributed by atoms with E-state index >= 15 is 0 Å². The molecule has 65 heavy (non-hydrogen) atoms. The van der Waals surface area contributed by atoms with E-state index in [0.29, 0.717) is 45.4 Å². The van der Waals surface area contributed by atoms with Crippen LogP contribution < -0.4 is 26.6 Å². The van der Waals surface area contributed by atoms with Gasteiger partial charge in [-0.25, -0.2) is 9.59 Å². The molecule has 18 nitrogen and oxygen atoms in total. The molecule has 1 saturated carbocycles. The van der Waals surface area contributed by atoms with Crippen LogP contribution in [0, 0.1) is 11.8 Å². The van der Waals surface area contributed by atoms with Gasteiger partial charge >= 0.3 is 12.2 Å². The average molecular weight is 901 g/mol. The third-order valence-corrected chi connectivity index (χ3v) is 11.6. The Morgan fingerprint density at radius 1 is 0.769 bits per heavy atom. The molecule has 0 bridgehead atoms. The van der Waals surface area contributed by atoms with Crippen LogP contribution in [0.3, 0.4) is 0 Å². The molecule has 1 aliphatic carbocycles. The first-order valence-corrected chi connectivity index (χ1v) is 22.4. The van der Waals surface area contributed by atoms with E-state index in [1.807, 2.05) is 55.1 Å². The maximum atomic E-state index is 14.5. The highest BCUT2D eigenvalue weighted by Gasteiger charge is 2.38. The standard InChI is InChI=1S/C47H64N8O10/c1-32(2)26-39-43(58)52-40(36-18-12-7-13-19-36)44(59)50-37(27-49-46(61)64-30-34-14-8-5-9-15-34)42(57)51-38(41(56)48-20-25-63-29-33(3)45(60)53(39)4)28-54-21-23-55(24-22-54)47(62)65-31-35-16-10-6-11-17-35/h5-6,8-11,14-17,20,25,29,32,36-40H,7,12-13,18-19,21-24,26-28,30-31H2,1-4H3,(H,48,56)(H,49,61)(H,50,59)(H,51,57)(H,52,58)/b25-20-,33-29-. The van der Waals surface area contributed by atoms with E-state index in [-0.39, 0.29) is 37.2 Å². The summed E-state index contributed by atoms with van der Waals surface area (Å²) in [7, 11) is 1.52. The molecule has 2 aromatic carbocycles. The lowest BCUT2D eigenvalue weighted by molar-refractivity contribution is -0.139. The summed E-state index contributed by atoms with van der Waals surface area (Å²) in [4.78, 5) is 101. The Labute approximate surface area is 380 Å². The van der Waals surface area contributed by atoms with Gasteiger partial charge in [-0.15, -0.1) is 0 Å². The van der Waals surface area contributed by atoms with Gasteiger partial charge in [0.05, 0.1) is 12.8 Å². The average Bonchev–Trinajstić information content (AvgIpc) is 3.31. The van der Waals surface area contributed by atoms with Crippen molar-refractivity contribution in [1.82, 2.24) is 41.3 Å². The predicted octanol–water partition coefficient (Wildman–Crippen LogP) is 3.30. The Bertz CT molecular complexity index is 1980. The highest BCUT2D eigenvalue weighted by Crippen LogP contribution is 2.27. The number of hydrogen-bond donors (Lipinski definition) is 5. The molecule has 1 saturated heterocycles. The molecular weight excluding hydrogens is 837 g/mol. The van der Waals surface area contributed by atoms with Crippen LogP contribution in [0.15, 0.2) is 85.0 Å². The Hall–Kier alpha value is -6.43. The minimum absolute atomic E-state index is 0.00398. The van der Waals surface area contributed by atoms with Crippen LogP contribution in [0.2, 0.25) is 0 Å². The molecule has 5 N–H and O–H groups in total. The lowest BCUT2D eigenvalue weighted by atomic mass is 9.83. The summed E-state index contributed by atoms with van der Waals surface area (Å²) < 4.78 is 16.4. The van der Waals surface area contributed by atoms with Crippen LogP contribution in [0.1, 0.15) is 70.4 Å². The number of hydrogen-bond acceptors (Lipinski definition) is 11. The Morgan fingerprint density at radius 2 is 1.38 bits per heavy atom. The zero-order chi connectivity index (χ0) is 46.7. The number of carbonyl (C=O) groups excluding carboxylic acids is 7. The van der Waals surface area contributed by atoms with Crippen LogP contribution in [0.4, 0.5) is 9.59 Å².